The summed E-state index contributed by atoms with van der Waals surface area (Å²) < 4.78 is 0. The lowest BCUT2D eigenvalue weighted by atomic mass is 10.0. The predicted molar refractivity (Wildman–Crippen MR) is 51.6 cm³/mol. The van der Waals surface area contributed by atoms with Crippen LogP contribution in [0.1, 0.15) is 32.6 Å². The first kappa shape index (κ1) is 14.3. The van der Waals surface area contributed by atoms with E-state index in [-0.39, 0.29) is 18.3 Å². The van der Waals surface area contributed by atoms with Gasteiger partial charge in [-0.3, -0.25) is 4.79 Å². The highest BCUT2D eigenvalue weighted by Gasteiger charge is 2.08. The van der Waals surface area contributed by atoms with Gasteiger partial charge in [0.05, 0.1) is 5.92 Å². The van der Waals surface area contributed by atoms with Crippen molar-refractivity contribution in [2.24, 2.45) is 11.7 Å². The van der Waals surface area contributed by atoms with Gasteiger partial charge in [0.25, 0.3) is 0 Å². The van der Waals surface area contributed by atoms with E-state index >= 15 is 0 Å². The van der Waals surface area contributed by atoms with Gasteiger partial charge in [-0.2, -0.15) is 0 Å². The number of carbonyl (C=O) groups is 1. The molecular formula is C8H18ClNO2. The van der Waals surface area contributed by atoms with Crippen molar-refractivity contribution in [3.8, 4) is 0 Å². The third kappa shape index (κ3) is 7.82. The molecule has 0 bridgehead atoms. The van der Waals surface area contributed by atoms with Crippen LogP contribution in [0.4, 0.5) is 0 Å². The quantitative estimate of drug-likeness (QED) is 0.634. The number of aliphatic carboxylic acids is 1. The van der Waals surface area contributed by atoms with Crippen LogP contribution in [0.25, 0.3) is 0 Å². The first-order valence-corrected chi connectivity index (χ1v) is 4.11. The predicted octanol–water partition coefficient (Wildman–Crippen LogP) is 1.65. The third-order valence-corrected chi connectivity index (χ3v) is 1.76. The molecular weight excluding hydrogens is 178 g/mol. The van der Waals surface area contributed by atoms with Gasteiger partial charge >= 0.3 is 5.97 Å². The van der Waals surface area contributed by atoms with Crippen LogP contribution in [0.3, 0.4) is 0 Å². The Morgan fingerprint density at radius 1 is 1.42 bits per heavy atom. The molecule has 0 aliphatic carbocycles. The SMILES string of the molecule is CC(CCCCCN)C(=O)O.Cl. The molecule has 0 aromatic heterocycles. The Bertz CT molecular complexity index is 120. The van der Waals surface area contributed by atoms with Crippen LogP contribution < -0.4 is 5.73 Å². The molecule has 0 fully saturated rings. The van der Waals surface area contributed by atoms with Crippen LogP contribution in [0.5, 0.6) is 0 Å². The van der Waals surface area contributed by atoms with Crippen LogP contribution in [-0.4, -0.2) is 17.6 Å². The minimum atomic E-state index is -0.697. The summed E-state index contributed by atoms with van der Waals surface area (Å²) in [4.78, 5) is 10.3. The van der Waals surface area contributed by atoms with Crippen molar-refractivity contribution >= 4 is 18.4 Å². The average molecular weight is 196 g/mol. The van der Waals surface area contributed by atoms with E-state index < -0.39 is 5.97 Å². The van der Waals surface area contributed by atoms with Crippen molar-refractivity contribution in [3.63, 3.8) is 0 Å². The van der Waals surface area contributed by atoms with Crippen molar-refractivity contribution in [1.82, 2.24) is 0 Å². The smallest absolute Gasteiger partial charge is 0.306 e. The molecule has 3 N–H and O–H groups in total. The summed E-state index contributed by atoms with van der Waals surface area (Å²) in [6.45, 7) is 2.45. The summed E-state index contributed by atoms with van der Waals surface area (Å²) in [7, 11) is 0. The summed E-state index contributed by atoms with van der Waals surface area (Å²) in [6.07, 6.45) is 3.81. The molecule has 0 radical (unpaired) electrons. The fourth-order valence-electron chi connectivity index (χ4n) is 0.895. The molecule has 3 nitrogen and oxygen atoms in total. The van der Waals surface area contributed by atoms with Crippen molar-refractivity contribution in [3.05, 3.63) is 0 Å². The standard InChI is InChI=1S/C8H17NO2.ClH/c1-7(8(10)11)5-3-2-4-6-9;/h7H,2-6,9H2,1H3,(H,10,11);1H. The Morgan fingerprint density at radius 3 is 2.42 bits per heavy atom. The first-order valence-electron chi connectivity index (χ1n) is 4.11. The number of nitrogens with two attached hydrogens (primary N) is 1. The first-order chi connectivity index (χ1) is 5.18. The zero-order chi connectivity index (χ0) is 8.69. The lowest BCUT2D eigenvalue weighted by Crippen LogP contribution is -2.09. The topological polar surface area (TPSA) is 63.3 Å². The number of unbranched alkanes of at least 4 members (excludes halogenated alkanes) is 2. The summed E-state index contributed by atoms with van der Waals surface area (Å²) in [5, 5.41) is 8.51. The van der Waals surface area contributed by atoms with Crippen molar-refractivity contribution < 1.29 is 9.90 Å². The number of hydrogen-bond acceptors (Lipinski definition) is 2. The van der Waals surface area contributed by atoms with Crippen LogP contribution in [-0.2, 0) is 4.79 Å². The Balaban J connectivity index is 0. The molecule has 12 heavy (non-hydrogen) atoms. The lowest BCUT2D eigenvalue weighted by Gasteiger charge is -2.04. The highest BCUT2D eigenvalue weighted by molar-refractivity contribution is 5.85. The molecule has 0 aromatic carbocycles. The maximum atomic E-state index is 10.3. The second-order valence-corrected chi connectivity index (χ2v) is 2.88. The van der Waals surface area contributed by atoms with Crippen LogP contribution >= 0.6 is 12.4 Å². The number of carboxylic acid groups (broad SMARTS) is 1. The highest BCUT2D eigenvalue weighted by atomic mass is 35.5. The minimum absolute atomic E-state index is 0. The average Bonchev–Trinajstić information content (AvgIpc) is 1.97. The van der Waals surface area contributed by atoms with E-state index in [0.717, 1.165) is 25.7 Å². The van der Waals surface area contributed by atoms with Crippen LogP contribution in [0, 0.1) is 5.92 Å². The normalized spacial score (nSPS) is 11.8. The molecule has 0 rings (SSSR count). The van der Waals surface area contributed by atoms with Crippen molar-refractivity contribution in [2.45, 2.75) is 32.6 Å². The van der Waals surface area contributed by atoms with E-state index in [2.05, 4.69) is 0 Å². The number of halogens is 1. The van der Waals surface area contributed by atoms with Gasteiger partial charge in [0, 0.05) is 0 Å². The van der Waals surface area contributed by atoms with Crippen LogP contribution in [0.2, 0.25) is 0 Å². The summed E-state index contributed by atoms with van der Waals surface area (Å²) in [6, 6.07) is 0. The van der Waals surface area contributed by atoms with Crippen LogP contribution in [0.15, 0.2) is 0 Å². The minimum Gasteiger partial charge on any atom is -0.481 e. The molecule has 1 atom stereocenters. The van der Waals surface area contributed by atoms with Gasteiger partial charge in [0.15, 0.2) is 0 Å². The zero-order valence-corrected chi connectivity index (χ0v) is 8.27. The molecule has 0 amide bonds. The maximum Gasteiger partial charge on any atom is 0.306 e. The van der Waals surface area contributed by atoms with Gasteiger partial charge in [-0.25, -0.2) is 0 Å². The van der Waals surface area contributed by atoms with Gasteiger partial charge in [-0.15, -0.1) is 12.4 Å². The Hall–Kier alpha value is -0.280. The van der Waals surface area contributed by atoms with Gasteiger partial charge in [-0.1, -0.05) is 19.8 Å². The Morgan fingerprint density at radius 2 is 2.00 bits per heavy atom. The van der Waals surface area contributed by atoms with E-state index in [9.17, 15) is 4.79 Å². The molecule has 0 spiro atoms. The van der Waals surface area contributed by atoms with E-state index in [0.29, 0.717) is 6.54 Å². The maximum absolute atomic E-state index is 10.3. The van der Waals surface area contributed by atoms with E-state index in [4.69, 9.17) is 10.8 Å². The molecule has 0 saturated carbocycles. The number of carboxylic acids is 1. The molecule has 1 unspecified atom stereocenters. The molecule has 0 aliphatic heterocycles. The third-order valence-electron chi connectivity index (χ3n) is 1.76. The second kappa shape index (κ2) is 8.81. The van der Waals surface area contributed by atoms with Crippen molar-refractivity contribution in [1.29, 1.82) is 0 Å². The van der Waals surface area contributed by atoms with E-state index in [1.54, 1.807) is 6.92 Å². The summed E-state index contributed by atoms with van der Waals surface area (Å²) in [5.41, 5.74) is 5.29. The molecule has 4 heteroatoms. The van der Waals surface area contributed by atoms with Crippen molar-refractivity contribution in [2.75, 3.05) is 6.54 Å². The molecule has 0 heterocycles. The number of rotatable bonds is 6. The molecule has 0 aromatic rings. The molecule has 0 aliphatic rings. The summed E-state index contributed by atoms with van der Waals surface area (Å²) in [5.74, 6) is -0.898. The lowest BCUT2D eigenvalue weighted by molar-refractivity contribution is -0.141. The Kier molecular flexibility index (Phi) is 10.5. The second-order valence-electron chi connectivity index (χ2n) is 2.88. The fourth-order valence-corrected chi connectivity index (χ4v) is 0.895. The largest absolute Gasteiger partial charge is 0.481 e. The van der Waals surface area contributed by atoms with E-state index in [1.165, 1.54) is 0 Å². The molecule has 0 saturated heterocycles. The van der Waals surface area contributed by atoms with E-state index in [1.807, 2.05) is 0 Å². The van der Waals surface area contributed by atoms with Gasteiger partial charge in [-0.05, 0) is 19.4 Å². The van der Waals surface area contributed by atoms with Gasteiger partial charge < -0.3 is 10.8 Å². The highest BCUT2D eigenvalue weighted by Crippen LogP contribution is 2.08. The summed E-state index contributed by atoms with van der Waals surface area (Å²) >= 11 is 0. The van der Waals surface area contributed by atoms with Gasteiger partial charge in [0.1, 0.15) is 0 Å². The molecule has 74 valence electrons. The number of hydrogen-bond donors (Lipinski definition) is 2. The monoisotopic (exact) mass is 195 g/mol. The zero-order valence-electron chi connectivity index (χ0n) is 7.45. The fraction of sp³-hybridized carbons (Fsp3) is 0.875. The Labute approximate surface area is 79.7 Å². The van der Waals surface area contributed by atoms with Gasteiger partial charge in [0.2, 0.25) is 0 Å².